The van der Waals surface area contributed by atoms with E-state index >= 15 is 0 Å². The van der Waals surface area contributed by atoms with Gasteiger partial charge in [0, 0.05) is 0 Å². The minimum atomic E-state index is -0.705. The van der Waals surface area contributed by atoms with Crippen molar-refractivity contribution in [1.82, 2.24) is 5.43 Å². The zero-order valence-electron chi connectivity index (χ0n) is 8.30. The lowest BCUT2D eigenvalue weighted by molar-refractivity contribution is 0.0529. The maximum atomic E-state index is 11.0. The number of ether oxygens (including phenoxy) is 1. The summed E-state index contributed by atoms with van der Waals surface area (Å²) in [5, 5.41) is 6.42. The molecule has 0 saturated carbocycles. The Bertz CT molecular complexity index is 247. The lowest BCUT2D eigenvalue weighted by Gasteiger charge is -2.18. The largest absolute Gasteiger partial charge is 0.443 e. The number of carbonyl (C=O) groups excluding carboxylic acids is 1. The number of hydrogen-bond donors (Lipinski definition) is 2. The van der Waals surface area contributed by atoms with Crippen LogP contribution in [0.15, 0.2) is 10.2 Å². The van der Waals surface area contributed by atoms with Gasteiger partial charge in [0.1, 0.15) is 5.60 Å². The summed E-state index contributed by atoms with van der Waals surface area (Å²) in [5.74, 6) is -0.0308. The first-order valence-corrected chi connectivity index (χ1v) is 4.41. The third-order valence-electron chi connectivity index (χ3n) is 0.924. The number of alkyl halides is 1. The quantitative estimate of drug-likeness (QED) is 0.245. The van der Waals surface area contributed by atoms with Crippen molar-refractivity contribution in [2.75, 3.05) is 5.88 Å². The van der Waals surface area contributed by atoms with Gasteiger partial charge < -0.3 is 4.74 Å². The van der Waals surface area contributed by atoms with Crippen LogP contribution in [-0.4, -0.2) is 23.4 Å². The van der Waals surface area contributed by atoms with Crippen molar-refractivity contribution in [2.45, 2.75) is 26.4 Å². The van der Waals surface area contributed by atoms with Crippen LogP contribution in [0, 0.1) is 5.53 Å². The molecule has 0 fully saturated rings. The molecule has 0 spiro atoms. The molecule has 0 aromatic heterocycles. The molecule has 6 nitrogen and oxygen atoms in total. The van der Waals surface area contributed by atoms with Crippen molar-refractivity contribution in [3.05, 3.63) is 0 Å². The van der Waals surface area contributed by atoms with Crippen LogP contribution in [0.1, 0.15) is 20.8 Å². The van der Waals surface area contributed by atoms with Crippen molar-refractivity contribution >= 4 is 23.5 Å². The number of rotatable bonds is 2. The highest BCUT2D eigenvalue weighted by molar-refractivity contribution is 6.28. The highest BCUT2D eigenvalue weighted by atomic mass is 35.5. The predicted octanol–water partition coefficient (Wildman–Crippen LogP) is 2.09. The van der Waals surface area contributed by atoms with Crippen LogP contribution < -0.4 is 5.43 Å². The Morgan fingerprint density at radius 1 is 1.57 bits per heavy atom. The SMILES string of the molecule is CC(C)(C)OC(=O)N/N=C(/CCl)N=N. The molecular weight excluding hydrogens is 208 g/mol. The average molecular weight is 221 g/mol. The molecule has 0 aromatic carbocycles. The number of nitrogens with zero attached hydrogens (tertiary/aromatic N) is 2. The van der Waals surface area contributed by atoms with Crippen molar-refractivity contribution in [2.24, 2.45) is 10.2 Å². The number of hydrogen-bond acceptors (Lipinski definition) is 4. The summed E-state index contributed by atoms with van der Waals surface area (Å²) in [7, 11) is 0. The number of halogens is 1. The highest BCUT2D eigenvalue weighted by Gasteiger charge is 2.15. The summed E-state index contributed by atoms with van der Waals surface area (Å²) in [5.41, 5.74) is 8.09. The second-order valence-electron chi connectivity index (χ2n) is 3.39. The maximum Gasteiger partial charge on any atom is 0.428 e. The molecule has 0 aromatic rings. The molecule has 0 radical (unpaired) electrons. The van der Waals surface area contributed by atoms with Gasteiger partial charge in [-0.2, -0.15) is 5.10 Å². The van der Waals surface area contributed by atoms with E-state index in [1.165, 1.54) is 0 Å². The van der Waals surface area contributed by atoms with E-state index in [9.17, 15) is 4.79 Å². The van der Waals surface area contributed by atoms with Crippen molar-refractivity contribution in [3.63, 3.8) is 0 Å². The summed E-state index contributed by atoms with van der Waals surface area (Å²) in [6, 6.07) is 0. The molecule has 80 valence electrons. The van der Waals surface area contributed by atoms with E-state index in [0.717, 1.165) is 0 Å². The van der Waals surface area contributed by atoms with Crippen LogP contribution in [0.4, 0.5) is 4.79 Å². The van der Waals surface area contributed by atoms with Gasteiger partial charge in [-0.05, 0) is 20.8 Å². The van der Waals surface area contributed by atoms with Gasteiger partial charge in [0.05, 0.1) is 5.88 Å². The molecule has 14 heavy (non-hydrogen) atoms. The van der Waals surface area contributed by atoms with E-state index < -0.39 is 11.7 Å². The van der Waals surface area contributed by atoms with Gasteiger partial charge >= 0.3 is 6.09 Å². The minimum absolute atomic E-state index is 0.0116. The molecule has 0 aliphatic heterocycles. The average Bonchev–Trinajstić information content (AvgIpc) is 2.03. The van der Waals surface area contributed by atoms with Gasteiger partial charge in [0.2, 0.25) is 0 Å². The second kappa shape index (κ2) is 5.54. The lowest BCUT2D eigenvalue weighted by Crippen LogP contribution is -2.30. The third kappa shape index (κ3) is 6.36. The maximum absolute atomic E-state index is 11.0. The van der Waals surface area contributed by atoms with Gasteiger partial charge in [-0.15, -0.1) is 16.7 Å². The fourth-order valence-electron chi connectivity index (χ4n) is 0.496. The Morgan fingerprint density at radius 3 is 2.50 bits per heavy atom. The van der Waals surface area contributed by atoms with E-state index in [2.05, 4.69) is 15.6 Å². The van der Waals surface area contributed by atoms with Crippen molar-refractivity contribution in [1.29, 1.82) is 5.53 Å². The summed E-state index contributed by atoms with van der Waals surface area (Å²) < 4.78 is 4.87. The molecule has 7 heteroatoms. The molecule has 0 unspecified atom stereocenters. The topological polar surface area (TPSA) is 86.9 Å². The van der Waals surface area contributed by atoms with E-state index in [1.807, 2.05) is 0 Å². The Kier molecular flexibility index (Phi) is 5.07. The Labute approximate surface area is 87.2 Å². The molecule has 0 heterocycles. The Balaban J connectivity index is 4.08. The third-order valence-corrected chi connectivity index (χ3v) is 1.16. The van der Waals surface area contributed by atoms with E-state index in [1.54, 1.807) is 20.8 Å². The molecule has 0 aliphatic carbocycles. The fourth-order valence-corrected chi connectivity index (χ4v) is 0.615. The number of carbonyl (C=O) groups is 1. The van der Waals surface area contributed by atoms with Gasteiger partial charge in [-0.25, -0.2) is 15.8 Å². The molecule has 1 amide bonds. The second-order valence-corrected chi connectivity index (χ2v) is 3.65. The van der Waals surface area contributed by atoms with Crippen LogP contribution in [-0.2, 0) is 4.74 Å². The minimum Gasteiger partial charge on any atom is -0.443 e. The normalized spacial score (nSPS) is 12.1. The molecule has 2 N–H and O–H groups in total. The van der Waals surface area contributed by atoms with Gasteiger partial charge in [0.25, 0.3) is 0 Å². The standard InChI is InChI=1S/C7H13ClN4O2/c1-7(2,3)14-6(13)12-11-5(4-8)10-9/h9H,4H2,1-3H3,(H,12,13)/b10-9?,11-5-. The first-order valence-electron chi connectivity index (χ1n) is 3.88. The monoisotopic (exact) mass is 220 g/mol. The number of hydrazone groups is 1. The van der Waals surface area contributed by atoms with Crippen LogP contribution in [0.25, 0.3) is 0 Å². The van der Waals surface area contributed by atoms with E-state index in [0.29, 0.717) is 0 Å². The molecular formula is C7H13ClN4O2. The highest BCUT2D eigenvalue weighted by Crippen LogP contribution is 2.06. The first kappa shape index (κ1) is 12.8. The predicted molar refractivity (Wildman–Crippen MR) is 52.7 cm³/mol. The summed E-state index contributed by atoms with van der Waals surface area (Å²) in [4.78, 5) is 11.0. The van der Waals surface area contributed by atoms with Crippen molar-refractivity contribution < 1.29 is 9.53 Å². The summed E-state index contributed by atoms with van der Waals surface area (Å²) in [6.45, 7) is 5.19. The molecule has 0 atom stereocenters. The number of nitrogens with one attached hydrogen (secondary N) is 2. The van der Waals surface area contributed by atoms with Gasteiger partial charge in [-0.3, -0.25) is 0 Å². The number of amides is 1. The van der Waals surface area contributed by atoms with Crippen LogP contribution >= 0.6 is 11.6 Å². The van der Waals surface area contributed by atoms with Gasteiger partial charge in [0.15, 0.2) is 5.84 Å². The van der Waals surface area contributed by atoms with E-state index in [-0.39, 0.29) is 11.7 Å². The summed E-state index contributed by atoms with van der Waals surface area (Å²) in [6.07, 6.45) is -0.705. The lowest BCUT2D eigenvalue weighted by atomic mass is 10.2. The Morgan fingerprint density at radius 2 is 2.14 bits per heavy atom. The molecule has 0 aliphatic rings. The Hall–Kier alpha value is -1.17. The van der Waals surface area contributed by atoms with E-state index in [4.69, 9.17) is 21.9 Å². The van der Waals surface area contributed by atoms with Gasteiger partial charge in [-0.1, -0.05) is 0 Å². The molecule has 0 saturated heterocycles. The molecule has 0 rings (SSSR count). The zero-order valence-corrected chi connectivity index (χ0v) is 9.05. The summed E-state index contributed by atoms with van der Waals surface area (Å²) >= 11 is 5.35. The van der Waals surface area contributed by atoms with Crippen molar-refractivity contribution in [3.8, 4) is 0 Å². The number of amidine groups is 1. The molecule has 0 bridgehead atoms. The first-order chi connectivity index (χ1) is 6.39. The fraction of sp³-hybridized carbons (Fsp3) is 0.714. The zero-order chi connectivity index (χ0) is 11.2. The smallest absolute Gasteiger partial charge is 0.428 e. The van der Waals surface area contributed by atoms with Crippen LogP contribution in [0.2, 0.25) is 0 Å². The van der Waals surface area contributed by atoms with Crippen LogP contribution in [0.3, 0.4) is 0 Å². The van der Waals surface area contributed by atoms with Crippen LogP contribution in [0.5, 0.6) is 0 Å².